The number of carbonyl (C=O) groups is 1. The van der Waals surface area contributed by atoms with Gasteiger partial charge in [0.2, 0.25) is 0 Å². The molecule has 0 atom stereocenters. The van der Waals surface area contributed by atoms with Crippen molar-refractivity contribution in [2.45, 2.75) is 96.6 Å². The third kappa shape index (κ3) is 9.23. The van der Waals surface area contributed by atoms with Gasteiger partial charge in [-0.05, 0) is 84.2 Å². The minimum atomic E-state index is 0.369. The van der Waals surface area contributed by atoms with E-state index in [1.54, 1.807) is 6.92 Å². The lowest BCUT2D eigenvalue weighted by Gasteiger charge is -2.41. The van der Waals surface area contributed by atoms with Gasteiger partial charge >= 0.3 is 0 Å². The summed E-state index contributed by atoms with van der Waals surface area (Å²) in [7, 11) is 4.45. The first-order valence-corrected chi connectivity index (χ1v) is 14.3. The average molecular weight is 463 g/mol. The van der Waals surface area contributed by atoms with Crippen LogP contribution in [0.4, 0.5) is 0 Å². The Morgan fingerprint density at radius 3 is 1.39 bits per heavy atom. The van der Waals surface area contributed by atoms with Crippen LogP contribution >= 0.6 is 0 Å². The van der Waals surface area contributed by atoms with Crippen LogP contribution in [0.2, 0.25) is 0 Å². The Labute approximate surface area is 205 Å². The van der Waals surface area contributed by atoms with E-state index in [1.807, 2.05) is 0 Å². The monoisotopic (exact) mass is 462 g/mol. The van der Waals surface area contributed by atoms with Crippen molar-refractivity contribution in [3.63, 3.8) is 0 Å². The lowest BCUT2D eigenvalue weighted by Crippen LogP contribution is -2.49. The standard InChI is InChI=1S/C14H26N2O.C14H28N2/c1-12(17)11-13-3-5-14(6-4-13)16-9-7-15(2)8-10-16;1-3-4-13-5-7-14(8-6-13)16-11-9-15(2)10-12-16/h13-14H,3-11H2,1-2H3;13-14H,3-12H2,1-2H3. The van der Waals surface area contributed by atoms with Crippen LogP contribution in [-0.2, 0) is 4.79 Å². The van der Waals surface area contributed by atoms with Gasteiger partial charge in [-0.3, -0.25) is 9.80 Å². The summed E-state index contributed by atoms with van der Waals surface area (Å²) < 4.78 is 0. The molecule has 0 bridgehead atoms. The van der Waals surface area contributed by atoms with E-state index < -0.39 is 0 Å². The molecule has 0 aromatic rings. The van der Waals surface area contributed by atoms with Crippen molar-refractivity contribution in [2.75, 3.05) is 66.5 Å². The Hall–Kier alpha value is -0.490. The topological polar surface area (TPSA) is 30.0 Å². The molecule has 5 nitrogen and oxygen atoms in total. The first kappa shape index (κ1) is 27.1. The second-order valence-corrected chi connectivity index (χ2v) is 11.7. The number of carbonyl (C=O) groups excluding carboxylic acids is 1. The van der Waals surface area contributed by atoms with Gasteiger partial charge in [0.05, 0.1) is 0 Å². The number of piperazine rings is 2. The summed E-state index contributed by atoms with van der Waals surface area (Å²) in [5, 5.41) is 0. The second-order valence-electron chi connectivity index (χ2n) is 11.7. The van der Waals surface area contributed by atoms with Crippen molar-refractivity contribution < 1.29 is 4.79 Å². The highest BCUT2D eigenvalue weighted by molar-refractivity contribution is 5.75. The van der Waals surface area contributed by atoms with Gasteiger partial charge in [-0.1, -0.05) is 19.8 Å². The third-order valence-electron chi connectivity index (χ3n) is 9.01. The summed E-state index contributed by atoms with van der Waals surface area (Å²) in [6, 6.07) is 1.72. The van der Waals surface area contributed by atoms with Crippen LogP contribution < -0.4 is 0 Å². The average Bonchev–Trinajstić information content (AvgIpc) is 2.82. The minimum absolute atomic E-state index is 0.369. The molecule has 192 valence electrons. The quantitative estimate of drug-likeness (QED) is 0.585. The Balaban J connectivity index is 0.000000186. The molecule has 2 saturated carbocycles. The minimum Gasteiger partial charge on any atom is -0.304 e. The van der Waals surface area contributed by atoms with Crippen molar-refractivity contribution in [1.82, 2.24) is 19.6 Å². The summed E-state index contributed by atoms with van der Waals surface area (Å²) in [4.78, 5) is 21.4. The molecule has 0 amide bonds. The van der Waals surface area contributed by atoms with Crippen LogP contribution in [0.1, 0.15) is 84.5 Å². The zero-order valence-corrected chi connectivity index (χ0v) is 22.4. The Kier molecular flexibility index (Phi) is 11.6. The van der Waals surface area contributed by atoms with Crippen molar-refractivity contribution >= 4 is 5.78 Å². The number of nitrogens with zero attached hydrogens (tertiary/aromatic N) is 4. The van der Waals surface area contributed by atoms with Crippen molar-refractivity contribution in [2.24, 2.45) is 11.8 Å². The molecule has 4 rings (SSSR count). The Morgan fingerprint density at radius 1 is 0.636 bits per heavy atom. The molecule has 2 aliphatic carbocycles. The molecule has 0 N–H and O–H groups in total. The van der Waals surface area contributed by atoms with Gasteiger partial charge in [0.15, 0.2) is 0 Å². The van der Waals surface area contributed by atoms with Gasteiger partial charge in [-0.25, -0.2) is 0 Å². The smallest absolute Gasteiger partial charge is 0.130 e. The van der Waals surface area contributed by atoms with E-state index in [1.165, 1.54) is 117 Å². The first-order valence-electron chi connectivity index (χ1n) is 14.3. The van der Waals surface area contributed by atoms with E-state index in [-0.39, 0.29) is 0 Å². The maximum Gasteiger partial charge on any atom is 0.130 e. The highest BCUT2D eigenvalue weighted by Gasteiger charge is 2.28. The normalized spacial score (nSPS) is 33.3. The highest BCUT2D eigenvalue weighted by atomic mass is 16.1. The zero-order valence-electron chi connectivity index (χ0n) is 22.4. The van der Waals surface area contributed by atoms with Gasteiger partial charge in [0.1, 0.15) is 5.78 Å². The lowest BCUT2D eigenvalue weighted by molar-refractivity contribution is -0.118. The third-order valence-corrected chi connectivity index (χ3v) is 9.01. The van der Waals surface area contributed by atoms with Gasteiger partial charge in [0.25, 0.3) is 0 Å². The molecule has 0 spiro atoms. The summed E-state index contributed by atoms with van der Waals surface area (Å²) in [6.45, 7) is 14.1. The highest BCUT2D eigenvalue weighted by Crippen LogP contribution is 2.31. The summed E-state index contributed by atoms with van der Waals surface area (Å²) in [5.74, 6) is 2.10. The molecule has 0 radical (unpaired) electrons. The Bertz CT molecular complexity index is 538. The van der Waals surface area contributed by atoms with E-state index in [2.05, 4.69) is 40.6 Å². The summed E-state index contributed by atoms with van der Waals surface area (Å²) in [5.41, 5.74) is 0. The molecule has 0 aromatic heterocycles. The SMILES string of the molecule is CC(=O)CC1CCC(N2CCN(C)CC2)CC1.CCCC1CCC(N2CCN(C)CC2)CC1. The van der Waals surface area contributed by atoms with Crippen molar-refractivity contribution in [3.05, 3.63) is 0 Å². The van der Waals surface area contributed by atoms with Crippen LogP contribution in [0.25, 0.3) is 0 Å². The predicted molar refractivity (Wildman–Crippen MR) is 140 cm³/mol. The van der Waals surface area contributed by atoms with Crippen LogP contribution in [0, 0.1) is 11.8 Å². The summed E-state index contributed by atoms with van der Waals surface area (Å²) in [6.07, 6.45) is 14.7. The fourth-order valence-electron chi connectivity index (χ4n) is 6.70. The molecule has 2 aliphatic heterocycles. The largest absolute Gasteiger partial charge is 0.304 e. The molecule has 2 saturated heterocycles. The van der Waals surface area contributed by atoms with Crippen LogP contribution in [0.3, 0.4) is 0 Å². The molecule has 5 heteroatoms. The molecule has 0 aromatic carbocycles. The Morgan fingerprint density at radius 2 is 1.03 bits per heavy atom. The molecule has 4 fully saturated rings. The van der Waals surface area contributed by atoms with Gasteiger partial charge in [0, 0.05) is 70.9 Å². The summed E-state index contributed by atoms with van der Waals surface area (Å²) >= 11 is 0. The van der Waals surface area contributed by atoms with Crippen LogP contribution in [0.15, 0.2) is 0 Å². The van der Waals surface area contributed by atoms with Gasteiger partial charge in [-0.15, -0.1) is 0 Å². The molecule has 4 aliphatic rings. The second kappa shape index (κ2) is 14.2. The van der Waals surface area contributed by atoms with Gasteiger partial charge in [-0.2, -0.15) is 0 Å². The van der Waals surface area contributed by atoms with E-state index in [9.17, 15) is 4.79 Å². The molecular weight excluding hydrogens is 408 g/mol. The van der Waals surface area contributed by atoms with Crippen LogP contribution in [0.5, 0.6) is 0 Å². The van der Waals surface area contributed by atoms with E-state index in [4.69, 9.17) is 0 Å². The maximum absolute atomic E-state index is 11.1. The van der Waals surface area contributed by atoms with Crippen LogP contribution in [-0.4, -0.2) is 104 Å². The lowest BCUT2D eigenvalue weighted by atomic mass is 9.82. The number of likely N-dealkylation sites (N-methyl/N-ethyl adjacent to an activating group) is 2. The first-order chi connectivity index (χ1) is 15.9. The molecule has 2 heterocycles. The molecular formula is C28H54N4O. The maximum atomic E-state index is 11.1. The van der Waals surface area contributed by atoms with Crippen molar-refractivity contribution in [1.29, 1.82) is 0 Å². The number of hydrogen-bond donors (Lipinski definition) is 0. The van der Waals surface area contributed by atoms with Gasteiger partial charge < -0.3 is 14.6 Å². The zero-order chi connectivity index (χ0) is 23.6. The van der Waals surface area contributed by atoms with E-state index >= 15 is 0 Å². The van der Waals surface area contributed by atoms with Crippen molar-refractivity contribution in [3.8, 4) is 0 Å². The molecule has 0 unspecified atom stereocenters. The number of hydrogen-bond acceptors (Lipinski definition) is 5. The number of rotatable bonds is 6. The fraction of sp³-hybridized carbons (Fsp3) is 0.964. The molecule has 33 heavy (non-hydrogen) atoms. The number of ketones is 1. The fourth-order valence-corrected chi connectivity index (χ4v) is 6.70. The van der Waals surface area contributed by atoms with E-state index in [0.717, 1.165) is 24.4 Å². The van der Waals surface area contributed by atoms with E-state index in [0.29, 0.717) is 11.7 Å². The number of Topliss-reactive ketones (excluding diaryl/α,β-unsaturated/α-hetero) is 1. The predicted octanol–water partition coefficient (Wildman–Crippen LogP) is 4.36.